The molecule has 0 saturated carbocycles. The lowest BCUT2D eigenvalue weighted by Gasteiger charge is -2.13. The van der Waals surface area contributed by atoms with Crippen molar-refractivity contribution in [2.45, 2.75) is 19.8 Å². The number of rotatable bonds is 2. The lowest BCUT2D eigenvalue weighted by atomic mass is 10.1. The molecule has 0 atom stereocenters. The highest BCUT2D eigenvalue weighted by Crippen LogP contribution is 2.17. The molecule has 0 amide bonds. The van der Waals surface area contributed by atoms with E-state index in [0.717, 1.165) is 18.5 Å². The van der Waals surface area contributed by atoms with Crippen molar-refractivity contribution >= 4 is 5.78 Å². The van der Waals surface area contributed by atoms with E-state index in [0.29, 0.717) is 17.9 Å². The molecule has 0 fully saturated rings. The third-order valence-corrected chi connectivity index (χ3v) is 2.64. The van der Waals surface area contributed by atoms with Crippen LogP contribution in [-0.4, -0.2) is 22.2 Å². The average molecular weight is 206 g/mol. The number of aryl methyl sites for hydroxylation is 1. The standard InChI is InChI=1S/C11H14N2O2/c1-8-9(7-12-13(8)2)11(14)10-5-3-4-6-15-10/h5,7H,3-4,6H2,1-2H3. The Bertz CT molecular complexity index is 418. The number of ketones is 1. The minimum Gasteiger partial charge on any atom is -0.490 e. The van der Waals surface area contributed by atoms with Crippen LogP contribution in [0.15, 0.2) is 18.0 Å². The molecule has 2 rings (SSSR count). The van der Waals surface area contributed by atoms with Crippen LogP contribution in [0.3, 0.4) is 0 Å². The molecule has 0 bridgehead atoms. The van der Waals surface area contributed by atoms with Crippen LogP contribution in [0.5, 0.6) is 0 Å². The van der Waals surface area contributed by atoms with Crippen LogP contribution in [0.1, 0.15) is 28.9 Å². The molecule has 0 aromatic carbocycles. The van der Waals surface area contributed by atoms with E-state index in [2.05, 4.69) is 5.10 Å². The Kier molecular flexibility index (Phi) is 2.58. The van der Waals surface area contributed by atoms with E-state index >= 15 is 0 Å². The van der Waals surface area contributed by atoms with E-state index in [9.17, 15) is 4.79 Å². The molecule has 0 unspecified atom stereocenters. The predicted octanol–water partition coefficient (Wildman–Crippen LogP) is 1.61. The summed E-state index contributed by atoms with van der Waals surface area (Å²) in [4.78, 5) is 12.0. The number of aromatic nitrogens is 2. The second-order valence-corrected chi connectivity index (χ2v) is 3.66. The number of carbonyl (C=O) groups is 1. The highest BCUT2D eigenvalue weighted by molar-refractivity contribution is 6.07. The fourth-order valence-corrected chi connectivity index (χ4v) is 1.57. The van der Waals surface area contributed by atoms with Gasteiger partial charge in [-0.25, -0.2) is 0 Å². The maximum atomic E-state index is 12.0. The molecular formula is C11H14N2O2. The summed E-state index contributed by atoms with van der Waals surface area (Å²) in [5.74, 6) is 0.414. The summed E-state index contributed by atoms with van der Waals surface area (Å²) >= 11 is 0. The van der Waals surface area contributed by atoms with E-state index in [1.807, 2.05) is 20.0 Å². The summed E-state index contributed by atoms with van der Waals surface area (Å²) in [6.45, 7) is 2.51. The zero-order valence-electron chi connectivity index (χ0n) is 8.99. The van der Waals surface area contributed by atoms with Gasteiger partial charge in [-0.15, -0.1) is 0 Å². The van der Waals surface area contributed by atoms with Crippen molar-refractivity contribution in [2.75, 3.05) is 6.61 Å². The largest absolute Gasteiger partial charge is 0.490 e. The number of carbonyl (C=O) groups excluding carboxylic acids is 1. The number of hydrogen-bond acceptors (Lipinski definition) is 3. The van der Waals surface area contributed by atoms with Gasteiger partial charge < -0.3 is 4.74 Å². The summed E-state index contributed by atoms with van der Waals surface area (Å²) in [7, 11) is 1.82. The molecule has 1 aliphatic rings. The number of allylic oxidation sites excluding steroid dienone is 2. The zero-order valence-corrected chi connectivity index (χ0v) is 8.99. The molecular weight excluding hydrogens is 192 g/mol. The molecule has 0 saturated heterocycles. The Morgan fingerprint density at radius 1 is 1.60 bits per heavy atom. The van der Waals surface area contributed by atoms with Gasteiger partial charge in [0.15, 0.2) is 5.76 Å². The molecule has 1 aromatic rings. The monoisotopic (exact) mass is 206 g/mol. The number of ether oxygens (including phenoxy) is 1. The van der Waals surface area contributed by atoms with Crippen molar-refractivity contribution in [3.63, 3.8) is 0 Å². The topological polar surface area (TPSA) is 44.1 Å². The van der Waals surface area contributed by atoms with Crippen LogP contribution in [0, 0.1) is 6.92 Å². The molecule has 1 aromatic heterocycles. The third-order valence-electron chi connectivity index (χ3n) is 2.64. The van der Waals surface area contributed by atoms with Gasteiger partial charge in [0.25, 0.3) is 0 Å². The fourth-order valence-electron chi connectivity index (χ4n) is 1.57. The first kappa shape index (κ1) is 9.96. The highest BCUT2D eigenvalue weighted by Gasteiger charge is 2.19. The minimum absolute atomic E-state index is 0.0553. The second-order valence-electron chi connectivity index (χ2n) is 3.66. The lowest BCUT2D eigenvalue weighted by Crippen LogP contribution is -2.12. The summed E-state index contributed by atoms with van der Waals surface area (Å²) in [6.07, 6.45) is 5.36. The molecule has 80 valence electrons. The Balaban J connectivity index is 2.28. The van der Waals surface area contributed by atoms with Crippen LogP contribution in [0.4, 0.5) is 0 Å². The van der Waals surface area contributed by atoms with Crippen molar-refractivity contribution in [2.24, 2.45) is 7.05 Å². The maximum Gasteiger partial charge on any atom is 0.230 e. The number of hydrogen-bond donors (Lipinski definition) is 0. The molecule has 15 heavy (non-hydrogen) atoms. The molecule has 0 radical (unpaired) electrons. The first-order valence-electron chi connectivity index (χ1n) is 5.06. The normalized spacial score (nSPS) is 15.7. The van der Waals surface area contributed by atoms with E-state index in [-0.39, 0.29) is 5.78 Å². The first-order chi connectivity index (χ1) is 7.20. The van der Waals surface area contributed by atoms with Gasteiger partial charge in [0.1, 0.15) is 0 Å². The second kappa shape index (κ2) is 3.88. The smallest absolute Gasteiger partial charge is 0.230 e. The van der Waals surface area contributed by atoms with Gasteiger partial charge in [-0.1, -0.05) is 0 Å². The summed E-state index contributed by atoms with van der Waals surface area (Å²) in [5, 5.41) is 4.05. The molecule has 4 nitrogen and oxygen atoms in total. The summed E-state index contributed by atoms with van der Waals surface area (Å²) in [5.41, 5.74) is 1.50. The molecule has 4 heteroatoms. The molecule has 2 heterocycles. The lowest BCUT2D eigenvalue weighted by molar-refractivity contribution is 0.0898. The van der Waals surface area contributed by atoms with Crippen molar-refractivity contribution in [3.8, 4) is 0 Å². The summed E-state index contributed by atoms with van der Waals surface area (Å²) < 4.78 is 7.02. The van der Waals surface area contributed by atoms with Gasteiger partial charge in [-0.3, -0.25) is 9.48 Å². The summed E-state index contributed by atoms with van der Waals surface area (Å²) in [6, 6.07) is 0. The Morgan fingerprint density at radius 2 is 2.40 bits per heavy atom. The van der Waals surface area contributed by atoms with E-state index in [1.165, 1.54) is 0 Å². The maximum absolute atomic E-state index is 12.0. The van der Waals surface area contributed by atoms with Gasteiger partial charge in [-0.05, 0) is 25.8 Å². The van der Waals surface area contributed by atoms with Crippen LogP contribution >= 0.6 is 0 Å². The molecule has 0 N–H and O–H groups in total. The van der Waals surface area contributed by atoms with Crippen LogP contribution in [-0.2, 0) is 11.8 Å². The molecule has 0 aliphatic carbocycles. The SMILES string of the molecule is Cc1c(C(=O)C2=CCCCO2)cnn1C. The minimum atomic E-state index is -0.0553. The van der Waals surface area contributed by atoms with E-state index in [1.54, 1.807) is 10.9 Å². The fraction of sp³-hybridized carbons (Fsp3) is 0.455. The van der Waals surface area contributed by atoms with E-state index < -0.39 is 0 Å². The molecule has 1 aliphatic heterocycles. The Morgan fingerprint density at radius 3 is 2.93 bits per heavy atom. The van der Waals surface area contributed by atoms with E-state index in [4.69, 9.17) is 4.74 Å². The van der Waals surface area contributed by atoms with Gasteiger partial charge >= 0.3 is 0 Å². The quantitative estimate of drug-likeness (QED) is 0.690. The Labute approximate surface area is 88.5 Å². The van der Waals surface area contributed by atoms with Crippen LogP contribution in [0.25, 0.3) is 0 Å². The number of nitrogens with zero attached hydrogens (tertiary/aromatic N) is 2. The van der Waals surface area contributed by atoms with Gasteiger partial charge in [0.05, 0.1) is 18.4 Å². The molecule has 0 spiro atoms. The van der Waals surface area contributed by atoms with Crippen LogP contribution < -0.4 is 0 Å². The highest BCUT2D eigenvalue weighted by atomic mass is 16.5. The average Bonchev–Trinajstić information content (AvgIpc) is 2.60. The van der Waals surface area contributed by atoms with Crippen molar-refractivity contribution in [1.29, 1.82) is 0 Å². The van der Waals surface area contributed by atoms with Gasteiger partial charge in [0.2, 0.25) is 5.78 Å². The van der Waals surface area contributed by atoms with Crippen molar-refractivity contribution in [1.82, 2.24) is 9.78 Å². The zero-order chi connectivity index (χ0) is 10.8. The van der Waals surface area contributed by atoms with Crippen LogP contribution in [0.2, 0.25) is 0 Å². The first-order valence-corrected chi connectivity index (χ1v) is 5.06. The third kappa shape index (κ3) is 1.79. The number of Topliss-reactive ketones (excluding diaryl/α,β-unsaturated/α-hetero) is 1. The van der Waals surface area contributed by atoms with Gasteiger partial charge in [0, 0.05) is 12.7 Å². The Hall–Kier alpha value is -1.58. The predicted molar refractivity (Wildman–Crippen MR) is 55.5 cm³/mol. The van der Waals surface area contributed by atoms with Crippen molar-refractivity contribution in [3.05, 3.63) is 29.3 Å². The van der Waals surface area contributed by atoms with Gasteiger partial charge in [-0.2, -0.15) is 5.10 Å². The van der Waals surface area contributed by atoms with Crippen molar-refractivity contribution < 1.29 is 9.53 Å².